The highest BCUT2D eigenvalue weighted by molar-refractivity contribution is 9.10. The minimum atomic E-state index is 0.249. The highest BCUT2D eigenvalue weighted by atomic mass is 79.9. The maximum atomic E-state index is 9.00. The Hall–Kier alpha value is -0.130. The number of nitrogens with zero attached hydrogens (tertiary/aromatic N) is 2. The molecule has 2 rings (SSSR count). The average Bonchev–Trinajstić information content (AvgIpc) is 2.59. The fourth-order valence-corrected chi connectivity index (χ4v) is 3.17. The molecule has 1 fully saturated rings. The van der Waals surface area contributed by atoms with Gasteiger partial charge in [-0.2, -0.15) is 0 Å². The number of hydrogen-bond acceptors (Lipinski definition) is 3. The normalized spacial score (nSPS) is 18.5. The molecule has 0 atom stereocenters. The first kappa shape index (κ1) is 15.3. The molecule has 19 heavy (non-hydrogen) atoms. The van der Waals surface area contributed by atoms with Crippen molar-refractivity contribution in [3.05, 3.63) is 33.3 Å². The summed E-state index contributed by atoms with van der Waals surface area (Å²) in [5, 5.41) is 9.82. The van der Waals surface area contributed by atoms with Crippen molar-refractivity contribution in [3.63, 3.8) is 0 Å². The van der Waals surface area contributed by atoms with Crippen LogP contribution in [0.25, 0.3) is 0 Å². The molecule has 1 heterocycles. The highest BCUT2D eigenvalue weighted by Crippen LogP contribution is 2.23. The Morgan fingerprint density at radius 2 is 1.89 bits per heavy atom. The minimum absolute atomic E-state index is 0.249. The van der Waals surface area contributed by atoms with Crippen LogP contribution in [-0.4, -0.2) is 54.2 Å². The predicted octanol–water partition coefficient (Wildman–Crippen LogP) is 2.60. The molecule has 1 saturated heterocycles. The van der Waals surface area contributed by atoms with Crippen molar-refractivity contribution in [2.75, 3.05) is 39.3 Å². The molecule has 1 aliphatic rings. The standard InChI is InChI=1S/C14H20BrClN2O/c15-13-3-2-12(14(16)10-13)11-18-5-1-4-17(6-7-18)8-9-19/h2-3,10,19H,1,4-9,11H2. The Labute approximate surface area is 128 Å². The van der Waals surface area contributed by atoms with Gasteiger partial charge in [0.2, 0.25) is 0 Å². The van der Waals surface area contributed by atoms with Crippen LogP contribution in [0.2, 0.25) is 5.02 Å². The van der Waals surface area contributed by atoms with Gasteiger partial charge in [-0.1, -0.05) is 33.6 Å². The van der Waals surface area contributed by atoms with Gasteiger partial charge in [-0.25, -0.2) is 0 Å². The summed E-state index contributed by atoms with van der Waals surface area (Å²) in [4.78, 5) is 4.76. The van der Waals surface area contributed by atoms with Crippen molar-refractivity contribution in [2.24, 2.45) is 0 Å². The molecular weight excluding hydrogens is 328 g/mol. The van der Waals surface area contributed by atoms with Crippen LogP contribution >= 0.6 is 27.5 Å². The van der Waals surface area contributed by atoms with E-state index < -0.39 is 0 Å². The second-order valence-electron chi connectivity index (χ2n) is 4.93. The summed E-state index contributed by atoms with van der Waals surface area (Å²) in [5.74, 6) is 0. The van der Waals surface area contributed by atoms with Gasteiger partial charge >= 0.3 is 0 Å². The van der Waals surface area contributed by atoms with E-state index in [1.165, 1.54) is 5.56 Å². The van der Waals surface area contributed by atoms with Crippen LogP contribution in [-0.2, 0) is 6.54 Å². The molecule has 0 unspecified atom stereocenters. The lowest BCUT2D eigenvalue weighted by Gasteiger charge is -2.21. The summed E-state index contributed by atoms with van der Waals surface area (Å²) in [6.45, 7) is 6.16. The number of rotatable bonds is 4. The molecule has 5 heteroatoms. The summed E-state index contributed by atoms with van der Waals surface area (Å²) in [6.07, 6.45) is 1.15. The first-order valence-electron chi connectivity index (χ1n) is 6.68. The number of aliphatic hydroxyl groups excluding tert-OH is 1. The van der Waals surface area contributed by atoms with Gasteiger partial charge in [0.1, 0.15) is 0 Å². The average molecular weight is 348 g/mol. The molecule has 1 aromatic rings. The van der Waals surface area contributed by atoms with Gasteiger partial charge in [0.05, 0.1) is 6.61 Å². The van der Waals surface area contributed by atoms with Crippen molar-refractivity contribution in [3.8, 4) is 0 Å². The number of halogens is 2. The quantitative estimate of drug-likeness (QED) is 0.907. The van der Waals surface area contributed by atoms with Gasteiger partial charge in [0.25, 0.3) is 0 Å². The monoisotopic (exact) mass is 346 g/mol. The molecule has 0 aromatic heterocycles. The number of hydrogen-bond donors (Lipinski definition) is 1. The zero-order valence-corrected chi connectivity index (χ0v) is 13.3. The second-order valence-corrected chi connectivity index (χ2v) is 6.25. The van der Waals surface area contributed by atoms with Crippen LogP contribution in [0.1, 0.15) is 12.0 Å². The van der Waals surface area contributed by atoms with Gasteiger partial charge in [-0.15, -0.1) is 0 Å². The molecule has 0 bridgehead atoms. The zero-order valence-electron chi connectivity index (χ0n) is 11.0. The van der Waals surface area contributed by atoms with E-state index >= 15 is 0 Å². The number of benzene rings is 1. The van der Waals surface area contributed by atoms with Crippen molar-refractivity contribution in [2.45, 2.75) is 13.0 Å². The molecule has 1 N–H and O–H groups in total. The predicted molar refractivity (Wildman–Crippen MR) is 82.6 cm³/mol. The third kappa shape index (κ3) is 4.72. The van der Waals surface area contributed by atoms with E-state index in [0.29, 0.717) is 0 Å². The zero-order chi connectivity index (χ0) is 13.7. The first-order valence-corrected chi connectivity index (χ1v) is 7.85. The lowest BCUT2D eigenvalue weighted by Crippen LogP contribution is -2.32. The van der Waals surface area contributed by atoms with Crippen LogP contribution in [0.3, 0.4) is 0 Å². The summed E-state index contributed by atoms with van der Waals surface area (Å²) in [5.41, 5.74) is 1.18. The summed E-state index contributed by atoms with van der Waals surface area (Å²) in [7, 11) is 0. The van der Waals surface area contributed by atoms with Crippen molar-refractivity contribution >= 4 is 27.5 Å². The van der Waals surface area contributed by atoms with Crippen LogP contribution in [0, 0.1) is 0 Å². The van der Waals surface area contributed by atoms with Crippen molar-refractivity contribution < 1.29 is 5.11 Å². The van der Waals surface area contributed by atoms with E-state index in [0.717, 1.165) is 55.2 Å². The SMILES string of the molecule is OCCN1CCCN(Cc2ccc(Br)cc2Cl)CC1. The van der Waals surface area contributed by atoms with Gasteiger partial charge in [0.15, 0.2) is 0 Å². The second kappa shape index (κ2) is 7.60. The topological polar surface area (TPSA) is 26.7 Å². The van der Waals surface area contributed by atoms with E-state index in [1.807, 2.05) is 12.1 Å². The molecular formula is C14H20BrClN2O. The maximum absolute atomic E-state index is 9.00. The van der Waals surface area contributed by atoms with Gasteiger partial charge in [-0.3, -0.25) is 9.80 Å². The van der Waals surface area contributed by atoms with Gasteiger partial charge < -0.3 is 5.11 Å². The Balaban J connectivity index is 1.92. The molecule has 0 spiro atoms. The van der Waals surface area contributed by atoms with Crippen molar-refractivity contribution in [1.82, 2.24) is 9.80 Å². The summed E-state index contributed by atoms with van der Waals surface area (Å²) in [6, 6.07) is 6.08. The van der Waals surface area contributed by atoms with E-state index in [1.54, 1.807) is 0 Å². The number of aliphatic hydroxyl groups is 1. The van der Waals surface area contributed by atoms with E-state index in [2.05, 4.69) is 31.8 Å². The Kier molecular flexibility index (Phi) is 6.10. The lowest BCUT2D eigenvalue weighted by molar-refractivity contribution is 0.196. The molecule has 3 nitrogen and oxygen atoms in total. The molecule has 1 aromatic carbocycles. The Morgan fingerprint density at radius 3 is 2.63 bits per heavy atom. The maximum Gasteiger partial charge on any atom is 0.0558 e. The molecule has 0 aliphatic carbocycles. The number of β-amino-alcohol motifs (C(OH)–C–C–N with tert-alkyl or cyclic N) is 1. The molecule has 0 amide bonds. The highest BCUT2D eigenvalue weighted by Gasteiger charge is 2.15. The Bertz CT molecular complexity index is 416. The molecule has 106 valence electrons. The molecule has 1 aliphatic heterocycles. The fraction of sp³-hybridized carbons (Fsp3) is 0.571. The van der Waals surface area contributed by atoms with E-state index in [4.69, 9.17) is 16.7 Å². The third-order valence-electron chi connectivity index (χ3n) is 3.51. The van der Waals surface area contributed by atoms with Crippen LogP contribution in [0.5, 0.6) is 0 Å². The van der Waals surface area contributed by atoms with Gasteiger partial charge in [-0.05, 0) is 37.2 Å². The smallest absolute Gasteiger partial charge is 0.0558 e. The van der Waals surface area contributed by atoms with Crippen molar-refractivity contribution in [1.29, 1.82) is 0 Å². The Morgan fingerprint density at radius 1 is 1.16 bits per heavy atom. The van der Waals surface area contributed by atoms with E-state index in [9.17, 15) is 0 Å². The van der Waals surface area contributed by atoms with Crippen LogP contribution in [0.15, 0.2) is 22.7 Å². The fourth-order valence-electron chi connectivity index (χ4n) is 2.44. The van der Waals surface area contributed by atoms with E-state index in [-0.39, 0.29) is 6.61 Å². The minimum Gasteiger partial charge on any atom is -0.395 e. The molecule has 0 saturated carbocycles. The molecule has 0 radical (unpaired) electrons. The first-order chi connectivity index (χ1) is 9.19. The summed E-state index contributed by atoms with van der Waals surface area (Å²) < 4.78 is 1.02. The lowest BCUT2D eigenvalue weighted by atomic mass is 10.2. The summed E-state index contributed by atoms with van der Waals surface area (Å²) >= 11 is 9.70. The largest absolute Gasteiger partial charge is 0.395 e. The van der Waals surface area contributed by atoms with Crippen LogP contribution in [0.4, 0.5) is 0 Å². The van der Waals surface area contributed by atoms with Crippen LogP contribution < -0.4 is 0 Å². The van der Waals surface area contributed by atoms with Gasteiger partial charge in [0, 0.05) is 35.7 Å². The third-order valence-corrected chi connectivity index (χ3v) is 4.35.